The molecule has 0 saturated carbocycles. The van der Waals surface area contributed by atoms with Crippen LogP contribution in [0.4, 0.5) is 31.5 Å². The number of carboxylic acid groups (broad SMARTS) is 1. The van der Waals surface area contributed by atoms with Crippen LogP contribution in [0.25, 0.3) is 23.6 Å². The van der Waals surface area contributed by atoms with Gasteiger partial charge in [0.1, 0.15) is 0 Å². The van der Waals surface area contributed by atoms with Crippen LogP contribution in [0.3, 0.4) is 0 Å². The molecule has 0 amide bonds. The Kier molecular flexibility index (Phi) is 7.11. The number of halogens is 6. The average Bonchev–Trinajstić information content (AvgIpc) is 3.45. The van der Waals surface area contributed by atoms with Gasteiger partial charge in [0.05, 0.1) is 45.2 Å². The summed E-state index contributed by atoms with van der Waals surface area (Å²) in [6.45, 7) is 4.82. The predicted molar refractivity (Wildman–Crippen MR) is 138 cm³/mol. The Hall–Kier alpha value is -3.87. The standard InChI is InChI=1S/C27H22F6N4O2S/c1-15-23(40-25(35-15)36-8-6-17(7-9-36)24(38)39)11-16-2-5-22-19(10-16)13-34-37(22)14-18-3-4-20(26(28,29)30)12-21(18)27(31,32)33/h2-5,10-13,17H,1,6-9,14H2,(H,38,39). The third kappa shape index (κ3) is 5.69. The van der Waals surface area contributed by atoms with Crippen LogP contribution in [0.15, 0.2) is 42.6 Å². The van der Waals surface area contributed by atoms with Crippen LogP contribution in [0, 0.1) is 5.92 Å². The van der Waals surface area contributed by atoms with Crippen molar-refractivity contribution in [2.24, 2.45) is 5.92 Å². The molecule has 0 unspecified atom stereocenters. The third-order valence-electron chi connectivity index (χ3n) is 6.86. The molecular weight excluding hydrogens is 558 g/mol. The van der Waals surface area contributed by atoms with Gasteiger partial charge in [0.15, 0.2) is 5.13 Å². The van der Waals surface area contributed by atoms with E-state index in [0.717, 1.165) is 21.3 Å². The molecule has 1 saturated heterocycles. The highest BCUT2D eigenvalue weighted by Crippen LogP contribution is 2.37. The molecule has 6 nitrogen and oxygen atoms in total. The first kappa shape index (κ1) is 27.7. The molecule has 0 aliphatic carbocycles. The number of aromatic nitrogens is 3. The van der Waals surface area contributed by atoms with Crippen molar-refractivity contribution < 1.29 is 36.2 Å². The van der Waals surface area contributed by atoms with E-state index in [4.69, 9.17) is 0 Å². The third-order valence-corrected chi connectivity index (χ3v) is 7.96. The van der Waals surface area contributed by atoms with Crippen LogP contribution in [0.2, 0.25) is 0 Å². The van der Waals surface area contributed by atoms with E-state index in [1.54, 1.807) is 18.2 Å². The lowest BCUT2D eigenvalue weighted by molar-refractivity contribution is -0.144. The van der Waals surface area contributed by atoms with Gasteiger partial charge in [-0.25, -0.2) is 4.98 Å². The van der Waals surface area contributed by atoms with Crippen molar-refractivity contribution >= 4 is 46.0 Å². The minimum absolute atomic E-state index is 0.127. The fourth-order valence-corrected chi connectivity index (χ4v) is 5.73. The van der Waals surface area contributed by atoms with E-state index in [9.17, 15) is 36.2 Å². The lowest BCUT2D eigenvalue weighted by Crippen LogP contribution is -2.36. The summed E-state index contributed by atoms with van der Waals surface area (Å²) < 4.78 is 81.9. The summed E-state index contributed by atoms with van der Waals surface area (Å²) in [6, 6.07) is 6.84. The Morgan fingerprint density at radius 2 is 1.80 bits per heavy atom. The molecule has 1 aliphatic rings. The summed E-state index contributed by atoms with van der Waals surface area (Å²) in [5.41, 5.74) is -1.75. The molecule has 1 fully saturated rings. The number of aliphatic carboxylic acids is 1. The van der Waals surface area contributed by atoms with Crippen LogP contribution in [0.5, 0.6) is 0 Å². The van der Waals surface area contributed by atoms with Crippen molar-refractivity contribution in [3.05, 3.63) is 74.7 Å². The normalized spacial score (nSPS) is 15.8. The van der Waals surface area contributed by atoms with E-state index in [1.807, 2.05) is 11.0 Å². The molecule has 40 heavy (non-hydrogen) atoms. The van der Waals surface area contributed by atoms with Crippen molar-refractivity contribution in [3.63, 3.8) is 0 Å². The number of thiazole rings is 1. The summed E-state index contributed by atoms with van der Waals surface area (Å²) >= 11 is 1.43. The Balaban J connectivity index is 1.40. The maximum Gasteiger partial charge on any atom is 0.416 e. The number of hydrogen-bond donors (Lipinski definition) is 1. The molecule has 3 heterocycles. The molecule has 1 N–H and O–H groups in total. The van der Waals surface area contributed by atoms with Gasteiger partial charge >= 0.3 is 18.3 Å². The zero-order valence-electron chi connectivity index (χ0n) is 20.8. The highest BCUT2D eigenvalue weighted by Gasteiger charge is 2.38. The fraction of sp³-hybridized carbons (Fsp3) is 0.296. The summed E-state index contributed by atoms with van der Waals surface area (Å²) in [5, 5.41) is 15.3. The van der Waals surface area contributed by atoms with Crippen molar-refractivity contribution in [1.29, 1.82) is 0 Å². The second kappa shape index (κ2) is 10.3. The SMILES string of the molecule is C=c1nc(N2CCC(C(=O)O)CC2)sc1=Cc1ccc2c(cnn2Cc2ccc(C(F)(F)F)cc2C(F)(F)F)c1. The number of rotatable bonds is 5. The van der Waals surface area contributed by atoms with Crippen molar-refractivity contribution in [2.45, 2.75) is 31.7 Å². The largest absolute Gasteiger partial charge is 0.481 e. The molecule has 1 aliphatic heterocycles. The van der Waals surface area contributed by atoms with E-state index in [-0.39, 0.29) is 24.1 Å². The van der Waals surface area contributed by atoms with Crippen LogP contribution in [0.1, 0.15) is 35.1 Å². The number of anilines is 1. The predicted octanol–water partition coefficient (Wildman–Crippen LogP) is 5.12. The van der Waals surface area contributed by atoms with E-state index < -0.39 is 29.4 Å². The zero-order valence-corrected chi connectivity index (χ0v) is 21.6. The Morgan fingerprint density at radius 3 is 2.45 bits per heavy atom. The monoisotopic (exact) mass is 580 g/mol. The molecule has 13 heteroatoms. The fourth-order valence-electron chi connectivity index (χ4n) is 4.70. The second-order valence-electron chi connectivity index (χ2n) is 9.54. The molecule has 0 atom stereocenters. The highest BCUT2D eigenvalue weighted by molar-refractivity contribution is 7.13. The average molecular weight is 581 g/mol. The topological polar surface area (TPSA) is 71.2 Å². The van der Waals surface area contributed by atoms with Crippen molar-refractivity contribution in [3.8, 4) is 0 Å². The molecule has 5 rings (SSSR count). The molecule has 0 spiro atoms. The van der Waals surface area contributed by atoms with Gasteiger partial charge in [-0.05, 0) is 54.3 Å². The van der Waals surface area contributed by atoms with Crippen LogP contribution in [-0.2, 0) is 23.7 Å². The molecule has 2 aromatic carbocycles. The molecular formula is C27H22F6N4O2S. The summed E-state index contributed by atoms with van der Waals surface area (Å²) in [4.78, 5) is 17.8. The van der Waals surface area contributed by atoms with Gasteiger partial charge in [-0.1, -0.05) is 30.0 Å². The number of fused-ring (bicyclic) bond motifs is 1. The van der Waals surface area contributed by atoms with Crippen LogP contribution >= 0.6 is 11.3 Å². The van der Waals surface area contributed by atoms with E-state index >= 15 is 0 Å². The van der Waals surface area contributed by atoms with Gasteiger partial charge in [-0.15, -0.1) is 0 Å². The quantitative estimate of drug-likeness (QED) is 0.332. The van der Waals surface area contributed by atoms with Gasteiger partial charge in [0.25, 0.3) is 0 Å². The number of nitrogens with zero attached hydrogens (tertiary/aromatic N) is 4. The van der Waals surface area contributed by atoms with Gasteiger partial charge in [-0.2, -0.15) is 31.4 Å². The van der Waals surface area contributed by atoms with Gasteiger partial charge < -0.3 is 10.0 Å². The van der Waals surface area contributed by atoms with E-state index in [1.165, 1.54) is 22.2 Å². The number of carbonyl (C=O) groups is 1. The lowest BCUT2D eigenvalue weighted by atomic mass is 9.98. The van der Waals surface area contributed by atoms with Crippen molar-refractivity contribution in [2.75, 3.05) is 18.0 Å². The Bertz CT molecular complexity index is 1680. The maximum atomic E-state index is 13.6. The molecule has 2 aromatic heterocycles. The maximum absolute atomic E-state index is 13.6. The lowest BCUT2D eigenvalue weighted by Gasteiger charge is -2.29. The molecule has 0 radical (unpaired) electrons. The first-order valence-corrected chi connectivity index (χ1v) is 13.0. The smallest absolute Gasteiger partial charge is 0.416 e. The minimum atomic E-state index is -4.96. The molecule has 210 valence electrons. The molecule has 0 bridgehead atoms. The zero-order chi connectivity index (χ0) is 28.8. The van der Waals surface area contributed by atoms with Crippen LogP contribution in [-0.4, -0.2) is 38.9 Å². The van der Waals surface area contributed by atoms with Gasteiger partial charge in [-0.3, -0.25) is 9.48 Å². The summed E-state index contributed by atoms with van der Waals surface area (Å²) in [7, 11) is 0. The highest BCUT2D eigenvalue weighted by atomic mass is 32.1. The second-order valence-corrected chi connectivity index (χ2v) is 10.5. The Labute approximate surface area is 227 Å². The van der Waals surface area contributed by atoms with Gasteiger partial charge in [0, 0.05) is 18.5 Å². The number of hydrogen-bond acceptors (Lipinski definition) is 5. The van der Waals surface area contributed by atoms with E-state index in [2.05, 4.69) is 16.7 Å². The summed E-state index contributed by atoms with van der Waals surface area (Å²) in [6.07, 6.45) is -5.42. The first-order chi connectivity index (χ1) is 18.8. The number of alkyl halides is 6. The minimum Gasteiger partial charge on any atom is -0.481 e. The number of carboxylic acids is 1. The number of benzene rings is 2. The summed E-state index contributed by atoms with van der Waals surface area (Å²) in [5.74, 6) is -1.14. The first-order valence-electron chi connectivity index (χ1n) is 12.2. The Morgan fingerprint density at radius 1 is 1.07 bits per heavy atom. The van der Waals surface area contributed by atoms with E-state index in [0.29, 0.717) is 48.2 Å². The van der Waals surface area contributed by atoms with Crippen LogP contribution < -0.4 is 14.8 Å². The van der Waals surface area contributed by atoms with Crippen molar-refractivity contribution in [1.82, 2.24) is 14.8 Å². The van der Waals surface area contributed by atoms with Gasteiger partial charge in [0.2, 0.25) is 0 Å². The molecule has 4 aromatic rings. The number of piperidine rings is 1.